The number of hydrogen-bond acceptors (Lipinski definition) is 5. The Kier molecular flexibility index (Phi) is 6.29. The average molecular weight is 405 g/mol. The quantitative estimate of drug-likeness (QED) is 0.760. The minimum absolute atomic E-state index is 0.0176. The molecule has 1 aromatic rings. The minimum Gasteiger partial charge on any atom is -0.455 e. The third-order valence-corrected chi connectivity index (χ3v) is 6.67. The number of amides is 2. The van der Waals surface area contributed by atoms with Crippen LogP contribution in [0.1, 0.15) is 50.9 Å². The number of nitrogens with one attached hydrogen (secondary N) is 1. The molecule has 0 bridgehead atoms. The van der Waals surface area contributed by atoms with Crippen molar-refractivity contribution in [2.75, 3.05) is 18.5 Å². The molecule has 2 amide bonds. The molecule has 1 saturated heterocycles. The van der Waals surface area contributed by atoms with E-state index in [1.165, 1.54) is 6.42 Å². The summed E-state index contributed by atoms with van der Waals surface area (Å²) in [6, 6.07) is 0.198. The molecule has 2 heterocycles. The molecule has 0 spiro atoms. The number of hydrogen-bond donors (Lipinski definition) is 1. The number of aryl methyl sites for hydroxylation is 2. The Morgan fingerprint density at radius 1 is 1.24 bits per heavy atom. The molecule has 0 aromatic carbocycles. The van der Waals surface area contributed by atoms with E-state index < -0.39 is 17.8 Å². The lowest BCUT2D eigenvalue weighted by Crippen LogP contribution is -2.45. The summed E-state index contributed by atoms with van der Waals surface area (Å²) in [6.45, 7) is 8.11. The van der Waals surface area contributed by atoms with Crippen molar-refractivity contribution in [2.24, 2.45) is 24.8 Å². The van der Waals surface area contributed by atoms with Crippen LogP contribution in [-0.4, -0.2) is 51.7 Å². The average Bonchev–Trinajstić information content (AvgIpc) is 3.17. The summed E-state index contributed by atoms with van der Waals surface area (Å²) in [5.74, 6) is -0.360. The molecule has 8 heteroatoms. The molecule has 2 aliphatic rings. The van der Waals surface area contributed by atoms with Crippen LogP contribution >= 0.6 is 0 Å². The largest absolute Gasteiger partial charge is 0.455 e. The fourth-order valence-corrected chi connectivity index (χ4v) is 4.59. The lowest BCUT2D eigenvalue weighted by molar-refractivity contribution is -0.151. The molecule has 1 aromatic heterocycles. The van der Waals surface area contributed by atoms with Crippen LogP contribution in [0.25, 0.3) is 0 Å². The summed E-state index contributed by atoms with van der Waals surface area (Å²) in [6.07, 6.45) is 3.46. The first-order valence-corrected chi connectivity index (χ1v) is 10.4. The monoisotopic (exact) mass is 404 g/mol. The van der Waals surface area contributed by atoms with E-state index in [1.54, 1.807) is 18.7 Å². The lowest BCUT2D eigenvalue weighted by Gasteiger charge is -2.39. The smallest absolute Gasteiger partial charge is 0.311 e. The van der Waals surface area contributed by atoms with Crippen molar-refractivity contribution in [3.8, 4) is 0 Å². The summed E-state index contributed by atoms with van der Waals surface area (Å²) in [5.41, 5.74) is 2.17. The topological polar surface area (TPSA) is 93.5 Å². The summed E-state index contributed by atoms with van der Waals surface area (Å²) < 4.78 is 6.90. The van der Waals surface area contributed by atoms with Gasteiger partial charge < -0.3 is 15.0 Å². The van der Waals surface area contributed by atoms with E-state index in [4.69, 9.17) is 4.74 Å². The number of carbonyl (C=O) groups excluding carboxylic acids is 3. The summed E-state index contributed by atoms with van der Waals surface area (Å²) >= 11 is 0. The number of rotatable bonds is 5. The van der Waals surface area contributed by atoms with Crippen molar-refractivity contribution >= 4 is 23.5 Å². The molecule has 8 nitrogen and oxygen atoms in total. The van der Waals surface area contributed by atoms with Gasteiger partial charge in [0.05, 0.1) is 23.0 Å². The van der Waals surface area contributed by atoms with Gasteiger partial charge in [-0.2, -0.15) is 5.10 Å². The zero-order chi connectivity index (χ0) is 21.3. The number of anilines is 1. The van der Waals surface area contributed by atoms with Crippen LogP contribution in [0.15, 0.2) is 0 Å². The lowest BCUT2D eigenvalue weighted by atomic mass is 9.77. The van der Waals surface area contributed by atoms with E-state index in [9.17, 15) is 14.4 Å². The predicted octanol–water partition coefficient (Wildman–Crippen LogP) is 2.19. The number of likely N-dealkylation sites (tertiary alicyclic amines) is 1. The Balaban J connectivity index is 1.52. The minimum atomic E-state index is -0.499. The molecule has 1 N–H and O–H groups in total. The zero-order valence-electron chi connectivity index (χ0n) is 18.0. The molecule has 3 rings (SSSR count). The van der Waals surface area contributed by atoms with Gasteiger partial charge in [0.15, 0.2) is 6.61 Å². The van der Waals surface area contributed by atoms with Crippen molar-refractivity contribution in [1.29, 1.82) is 0 Å². The first-order valence-electron chi connectivity index (χ1n) is 10.4. The maximum atomic E-state index is 12.5. The molecule has 2 fully saturated rings. The summed E-state index contributed by atoms with van der Waals surface area (Å²) in [7, 11) is 1.80. The van der Waals surface area contributed by atoms with Crippen molar-refractivity contribution in [3.63, 3.8) is 0 Å². The molecule has 29 heavy (non-hydrogen) atoms. The number of aromatic nitrogens is 2. The molecule has 160 valence electrons. The van der Waals surface area contributed by atoms with Crippen LogP contribution < -0.4 is 5.32 Å². The zero-order valence-corrected chi connectivity index (χ0v) is 18.0. The Labute approximate surface area is 172 Å². The number of ether oxygens (including phenoxy) is 1. The molecule has 0 radical (unpaired) electrons. The van der Waals surface area contributed by atoms with Crippen LogP contribution in [-0.2, 0) is 26.2 Å². The Bertz CT molecular complexity index is 803. The first-order chi connectivity index (χ1) is 13.7. The summed E-state index contributed by atoms with van der Waals surface area (Å²) in [4.78, 5) is 39.1. The van der Waals surface area contributed by atoms with E-state index in [0.717, 1.165) is 18.5 Å². The van der Waals surface area contributed by atoms with Gasteiger partial charge in [0.25, 0.3) is 5.91 Å². The molecule has 0 unspecified atom stereocenters. The molecule has 4 atom stereocenters. The molecule has 1 saturated carbocycles. The predicted molar refractivity (Wildman–Crippen MR) is 108 cm³/mol. The Morgan fingerprint density at radius 2 is 1.97 bits per heavy atom. The van der Waals surface area contributed by atoms with Gasteiger partial charge in [-0.05, 0) is 32.1 Å². The summed E-state index contributed by atoms with van der Waals surface area (Å²) in [5, 5.41) is 6.99. The number of carbonyl (C=O) groups is 3. The van der Waals surface area contributed by atoms with Crippen LogP contribution in [0.5, 0.6) is 0 Å². The van der Waals surface area contributed by atoms with E-state index in [0.29, 0.717) is 29.8 Å². The van der Waals surface area contributed by atoms with Gasteiger partial charge in [-0.3, -0.25) is 19.1 Å². The van der Waals surface area contributed by atoms with Crippen LogP contribution in [0.4, 0.5) is 5.69 Å². The highest BCUT2D eigenvalue weighted by Crippen LogP contribution is 2.35. The second-order valence-electron chi connectivity index (χ2n) is 8.61. The molecular weight excluding hydrogens is 372 g/mol. The van der Waals surface area contributed by atoms with Crippen molar-refractivity contribution < 1.29 is 19.1 Å². The van der Waals surface area contributed by atoms with Crippen molar-refractivity contribution in [3.05, 3.63) is 11.4 Å². The van der Waals surface area contributed by atoms with Crippen LogP contribution in [0, 0.1) is 31.6 Å². The molecule has 1 aliphatic heterocycles. The Morgan fingerprint density at radius 3 is 2.62 bits per heavy atom. The highest BCUT2D eigenvalue weighted by molar-refractivity contribution is 5.94. The van der Waals surface area contributed by atoms with Crippen LogP contribution in [0.3, 0.4) is 0 Å². The normalized spacial score (nSPS) is 27.2. The highest BCUT2D eigenvalue weighted by Gasteiger charge is 2.42. The fraction of sp³-hybridized carbons (Fsp3) is 0.714. The molecule has 1 aliphatic carbocycles. The van der Waals surface area contributed by atoms with E-state index >= 15 is 0 Å². The first kappa shape index (κ1) is 21.3. The van der Waals surface area contributed by atoms with E-state index in [2.05, 4.69) is 24.3 Å². The standard InChI is InChI=1S/C21H32N4O4/c1-12-7-6-8-17(13(12)2)25-10-16(9-19(25)27)21(28)29-11-18(26)22-20-14(3)23-24(5)15(20)4/h12-13,16-17H,6-11H2,1-5H3,(H,22,26)/t12-,13-,16-,17+/m0/s1. The second-order valence-corrected chi connectivity index (χ2v) is 8.61. The fourth-order valence-electron chi connectivity index (χ4n) is 4.59. The van der Waals surface area contributed by atoms with Gasteiger partial charge in [0.1, 0.15) is 0 Å². The van der Waals surface area contributed by atoms with Gasteiger partial charge in [-0.1, -0.05) is 26.7 Å². The van der Waals surface area contributed by atoms with Crippen LogP contribution in [0.2, 0.25) is 0 Å². The van der Waals surface area contributed by atoms with E-state index in [1.807, 2.05) is 11.8 Å². The third-order valence-electron chi connectivity index (χ3n) is 6.67. The highest BCUT2D eigenvalue weighted by atomic mass is 16.5. The maximum absolute atomic E-state index is 12.5. The third kappa shape index (κ3) is 4.46. The number of esters is 1. The SMILES string of the molecule is Cc1nn(C)c(C)c1NC(=O)COC(=O)[C@H]1CC(=O)N([C@@H]2CCC[C@H](C)[C@@H]2C)C1. The van der Waals surface area contributed by atoms with Gasteiger partial charge in [-0.15, -0.1) is 0 Å². The maximum Gasteiger partial charge on any atom is 0.311 e. The number of nitrogens with zero attached hydrogens (tertiary/aromatic N) is 3. The van der Waals surface area contributed by atoms with Gasteiger partial charge >= 0.3 is 5.97 Å². The second kappa shape index (κ2) is 8.55. The van der Waals surface area contributed by atoms with Gasteiger partial charge in [0.2, 0.25) is 5.91 Å². The van der Waals surface area contributed by atoms with Gasteiger partial charge in [-0.25, -0.2) is 0 Å². The van der Waals surface area contributed by atoms with Gasteiger partial charge in [0, 0.05) is 26.1 Å². The molecular formula is C21H32N4O4. The van der Waals surface area contributed by atoms with Crippen molar-refractivity contribution in [1.82, 2.24) is 14.7 Å². The Hall–Kier alpha value is -2.38. The van der Waals surface area contributed by atoms with E-state index in [-0.39, 0.29) is 25.0 Å². The van der Waals surface area contributed by atoms with Crippen molar-refractivity contribution in [2.45, 2.75) is 59.4 Å².